The Balaban J connectivity index is 2.03. The van der Waals surface area contributed by atoms with Crippen molar-refractivity contribution >= 4 is 23.0 Å². The third kappa shape index (κ3) is 2.92. The molecule has 4 nitrogen and oxygen atoms in total. The highest BCUT2D eigenvalue weighted by Gasteiger charge is 2.14. The third-order valence-corrected chi connectivity index (χ3v) is 3.27. The Labute approximate surface area is 110 Å². The van der Waals surface area contributed by atoms with E-state index in [2.05, 4.69) is 6.92 Å². The van der Waals surface area contributed by atoms with Crippen molar-refractivity contribution < 1.29 is 9.53 Å². The van der Waals surface area contributed by atoms with Gasteiger partial charge in [-0.25, -0.2) is 4.79 Å². The topological polar surface area (TPSA) is 57.2 Å². The number of thiophene rings is 1. The molecular formula is C13H16N2O2S. The van der Waals surface area contributed by atoms with Gasteiger partial charge >= 0.3 is 5.97 Å². The summed E-state index contributed by atoms with van der Waals surface area (Å²) >= 11 is 1.59. The maximum absolute atomic E-state index is 12.0. The van der Waals surface area contributed by atoms with Crippen LogP contribution in [0.3, 0.4) is 0 Å². The minimum absolute atomic E-state index is 0.305. The van der Waals surface area contributed by atoms with Gasteiger partial charge in [0.1, 0.15) is 12.3 Å². The molecule has 2 heterocycles. The van der Waals surface area contributed by atoms with E-state index in [0.717, 1.165) is 18.5 Å². The van der Waals surface area contributed by atoms with Crippen molar-refractivity contribution in [3.8, 4) is 0 Å². The monoisotopic (exact) mass is 264 g/mol. The molecule has 0 saturated heterocycles. The summed E-state index contributed by atoms with van der Waals surface area (Å²) in [6.07, 6.45) is 2.71. The zero-order chi connectivity index (χ0) is 13.0. The molecule has 0 amide bonds. The van der Waals surface area contributed by atoms with Gasteiger partial charge in [-0.3, -0.25) is 0 Å². The molecule has 0 aromatic carbocycles. The average molecular weight is 264 g/mol. The molecule has 0 saturated carbocycles. The predicted octanol–water partition coefficient (Wildman–Crippen LogP) is 2.90. The number of hydrogen-bond donors (Lipinski definition) is 1. The fourth-order valence-corrected chi connectivity index (χ4v) is 2.38. The second kappa shape index (κ2) is 5.73. The Hall–Kier alpha value is -1.75. The lowest BCUT2D eigenvalue weighted by Gasteiger charge is -2.07. The van der Waals surface area contributed by atoms with Crippen LogP contribution in [0.25, 0.3) is 0 Å². The van der Waals surface area contributed by atoms with Crippen LogP contribution in [0.2, 0.25) is 0 Å². The first-order chi connectivity index (χ1) is 8.70. The number of carbonyl (C=O) groups is 1. The van der Waals surface area contributed by atoms with Crippen molar-refractivity contribution in [1.82, 2.24) is 4.57 Å². The summed E-state index contributed by atoms with van der Waals surface area (Å²) in [6.45, 7) is 3.12. The average Bonchev–Trinajstić information content (AvgIpc) is 2.96. The quantitative estimate of drug-likeness (QED) is 0.845. The zero-order valence-electron chi connectivity index (χ0n) is 10.3. The largest absolute Gasteiger partial charge is 0.456 e. The van der Waals surface area contributed by atoms with Gasteiger partial charge in [-0.05, 0) is 29.3 Å². The summed E-state index contributed by atoms with van der Waals surface area (Å²) in [6, 6.07) is 3.60. The maximum Gasteiger partial charge on any atom is 0.355 e. The van der Waals surface area contributed by atoms with Crippen LogP contribution >= 0.6 is 11.3 Å². The lowest BCUT2D eigenvalue weighted by molar-refractivity contribution is 0.0460. The van der Waals surface area contributed by atoms with E-state index >= 15 is 0 Å². The highest BCUT2D eigenvalue weighted by molar-refractivity contribution is 7.07. The Morgan fingerprint density at radius 2 is 2.39 bits per heavy atom. The molecule has 0 fully saturated rings. The van der Waals surface area contributed by atoms with Crippen LogP contribution in [-0.4, -0.2) is 10.5 Å². The van der Waals surface area contributed by atoms with E-state index in [1.807, 2.05) is 21.4 Å². The Kier molecular flexibility index (Phi) is 4.04. The molecule has 0 radical (unpaired) electrons. The van der Waals surface area contributed by atoms with Gasteiger partial charge in [-0.15, -0.1) is 0 Å². The fourth-order valence-electron chi connectivity index (χ4n) is 1.73. The van der Waals surface area contributed by atoms with Crippen LogP contribution in [-0.2, 0) is 17.9 Å². The second-order valence-corrected chi connectivity index (χ2v) is 4.84. The van der Waals surface area contributed by atoms with Crippen molar-refractivity contribution in [1.29, 1.82) is 0 Å². The molecule has 0 aliphatic rings. The molecule has 18 heavy (non-hydrogen) atoms. The predicted molar refractivity (Wildman–Crippen MR) is 72.6 cm³/mol. The number of nitrogen functional groups attached to an aromatic ring is 1. The smallest absolute Gasteiger partial charge is 0.355 e. The molecule has 2 aromatic heterocycles. The molecule has 5 heteroatoms. The Morgan fingerprint density at radius 1 is 1.56 bits per heavy atom. The molecule has 0 aliphatic heterocycles. The standard InChI is InChI=1S/C13H16N2O2S/c1-2-4-15-7-11(14)6-12(15)13(16)17-8-10-3-5-18-9-10/h3,5-7,9H,2,4,8,14H2,1H3. The van der Waals surface area contributed by atoms with Crippen molar-refractivity contribution in [3.63, 3.8) is 0 Å². The SMILES string of the molecule is CCCn1cc(N)cc1C(=O)OCc1ccsc1. The molecule has 2 N–H and O–H groups in total. The van der Waals surface area contributed by atoms with E-state index in [4.69, 9.17) is 10.5 Å². The van der Waals surface area contributed by atoms with E-state index < -0.39 is 0 Å². The van der Waals surface area contributed by atoms with Gasteiger partial charge in [-0.2, -0.15) is 11.3 Å². The number of nitrogens with two attached hydrogens (primary N) is 1. The molecule has 0 unspecified atom stereocenters. The summed E-state index contributed by atoms with van der Waals surface area (Å²) in [5.41, 5.74) is 7.83. The van der Waals surface area contributed by atoms with Crippen molar-refractivity contribution in [2.75, 3.05) is 5.73 Å². The number of aromatic nitrogens is 1. The van der Waals surface area contributed by atoms with Gasteiger partial charge in [0.2, 0.25) is 0 Å². The molecule has 0 atom stereocenters. The van der Waals surface area contributed by atoms with E-state index in [-0.39, 0.29) is 5.97 Å². The molecule has 2 aromatic rings. The van der Waals surface area contributed by atoms with Gasteiger partial charge in [0.25, 0.3) is 0 Å². The van der Waals surface area contributed by atoms with Gasteiger partial charge in [0, 0.05) is 18.3 Å². The van der Waals surface area contributed by atoms with Crippen LogP contribution in [0, 0.1) is 0 Å². The maximum atomic E-state index is 12.0. The lowest BCUT2D eigenvalue weighted by Crippen LogP contribution is -2.11. The summed E-state index contributed by atoms with van der Waals surface area (Å²) in [4.78, 5) is 12.0. The highest BCUT2D eigenvalue weighted by Crippen LogP contribution is 2.14. The summed E-state index contributed by atoms with van der Waals surface area (Å²) < 4.78 is 7.10. The molecule has 2 rings (SSSR count). The molecule has 0 aliphatic carbocycles. The van der Waals surface area contributed by atoms with Crippen LogP contribution in [0.1, 0.15) is 29.4 Å². The lowest BCUT2D eigenvalue weighted by atomic mass is 10.3. The number of ether oxygens (including phenoxy) is 1. The van der Waals surface area contributed by atoms with E-state index in [9.17, 15) is 4.79 Å². The van der Waals surface area contributed by atoms with Gasteiger partial charge < -0.3 is 15.0 Å². The van der Waals surface area contributed by atoms with Gasteiger partial charge in [0.15, 0.2) is 0 Å². The van der Waals surface area contributed by atoms with Gasteiger partial charge in [-0.1, -0.05) is 6.92 Å². The number of anilines is 1. The second-order valence-electron chi connectivity index (χ2n) is 4.06. The van der Waals surface area contributed by atoms with E-state index in [1.165, 1.54) is 0 Å². The number of aryl methyl sites for hydroxylation is 1. The molecule has 96 valence electrons. The number of rotatable bonds is 5. The molecule has 0 bridgehead atoms. The number of carbonyl (C=O) groups excluding carboxylic acids is 1. The molecular weight excluding hydrogens is 248 g/mol. The van der Waals surface area contributed by atoms with Crippen LogP contribution in [0.15, 0.2) is 29.1 Å². The van der Waals surface area contributed by atoms with Crippen molar-refractivity contribution in [2.24, 2.45) is 0 Å². The zero-order valence-corrected chi connectivity index (χ0v) is 11.1. The summed E-state index contributed by atoms with van der Waals surface area (Å²) in [5, 5.41) is 3.92. The van der Waals surface area contributed by atoms with E-state index in [1.54, 1.807) is 23.6 Å². The Bertz CT molecular complexity index is 517. The fraction of sp³-hybridized carbons (Fsp3) is 0.308. The first-order valence-corrected chi connectivity index (χ1v) is 6.79. The minimum atomic E-state index is -0.327. The highest BCUT2D eigenvalue weighted by atomic mass is 32.1. The first-order valence-electron chi connectivity index (χ1n) is 5.84. The van der Waals surface area contributed by atoms with Gasteiger partial charge in [0.05, 0.1) is 5.69 Å². The van der Waals surface area contributed by atoms with Crippen molar-refractivity contribution in [3.05, 3.63) is 40.3 Å². The van der Waals surface area contributed by atoms with E-state index in [0.29, 0.717) is 18.0 Å². The number of nitrogens with zero attached hydrogens (tertiary/aromatic N) is 1. The van der Waals surface area contributed by atoms with Crippen LogP contribution in [0.4, 0.5) is 5.69 Å². The summed E-state index contributed by atoms with van der Waals surface area (Å²) in [5.74, 6) is -0.327. The third-order valence-electron chi connectivity index (χ3n) is 2.54. The summed E-state index contributed by atoms with van der Waals surface area (Å²) in [7, 11) is 0. The van der Waals surface area contributed by atoms with Crippen LogP contribution < -0.4 is 5.73 Å². The van der Waals surface area contributed by atoms with Crippen molar-refractivity contribution in [2.45, 2.75) is 26.5 Å². The minimum Gasteiger partial charge on any atom is -0.456 e. The first kappa shape index (κ1) is 12.7. The Morgan fingerprint density at radius 3 is 3.06 bits per heavy atom. The number of esters is 1. The van der Waals surface area contributed by atoms with Crippen LogP contribution in [0.5, 0.6) is 0 Å². The number of hydrogen-bond acceptors (Lipinski definition) is 4. The molecule has 0 spiro atoms. The normalized spacial score (nSPS) is 10.5.